The Bertz CT molecular complexity index is 1800. The Morgan fingerprint density at radius 1 is 0.477 bits per heavy atom. The van der Waals surface area contributed by atoms with E-state index in [0.717, 1.165) is 75.3 Å². The Morgan fingerprint density at radius 2 is 0.841 bits per heavy atom. The fourth-order valence-corrected chi connectivity index (χ4v) is 7.12. The number of anilines is 4. The van der Waals surface area contributed by atoms with Crippen molar-refractivity contribution in [2.75, 3.05) is 49.5 Å². The predicted molar refractivity (Wildman–Crippen MR) is 182 cm³/mol. The maximum Gasteiger partial charge on any atom is 0.304 e. The van der Waals surface area contributed by atoms with Crippen molar-refractivity contribution in [3.8, 4) is 0 Å². The highest BCUT2D eigenvalue weighted by molar-refractivity contribution is 7.23. The monoisotopic (exact) mass is 674 g/mol. The van der Waals surface area contributed by atoms with Crippen LogP contribution in [0.4, 0.5) is 20.5 Å². The van der Waals surface area contributed by atoms with E-state index in [9.17, 15) is 0 Å². The fraction of sp³-hybridized carbons (Fsp3) is 0.333. The van der Waals surface area contributed by atoms with Crippen molar-refractivity contribution in [2.24, 2.45) is 0 Å². The van der Waals surface area contributed by atoms with Gasteiger partial charge in [-0.1, -0.05) is 45.3 Å². The third-order valence-electron chi connectivity index (χ3n) is 6.09. The summed E-state index contributed by atoms with van der Waals surface area (Å²) in [6.45, 7) is 8.01. The molecule has 0 saturated heterocycles. The average Bonchev–Trinajstić information content (AvgIpc) is 3.87. The van der Waals surface area contributed by atoms with E-state index in [0.29, 0.717) is 0 Å². The highest BCUT2D eigenvalue weighted by atomic mass is 32.1. The Kier molecular flexibility index (Phi) is 9.52. The number of H-pyrrole nitrogens is 6. The molecule has 0 aliphatic rings. The third-order valence-corrected chi connectivity index (χ3v) is 10.9. The van der Waals surface area contributed by atoms with Crippen LogP contribution in [0.5, 0.6) is 0 Å². The second-order valence-electron chi connectivity index (χ2n) is 9.21. The van der Waals surface area contributed by atoms with Gasteiger partial charge in [-0.3, -0.25) is 20.8 Å². The number of hydrogen-bond acceptors (Lipinski definition) is 14. The summed E-state index contributed by atoms with van der Waals surface area (Å²) in [5.74, 6) is 0. The van der Waals surface area contributed by atoms with Crippen molar-refractivity contribution in [2.45, 2.75) is 27.7 Å². The van der Waals surface area contributed by atoms with Gasteiger partial charge >= 0.3 is 11.3 Å². The molecule has 0 amide bonds. The van der Waals surface area contributed by atoms with E-state index in [4.69, 9.17) is 0 Å². The van der Waals surface area contributed by atoms with Crippen LogP contribution in [0.25, 0.3) is 41.4 Å². The first-order valence-electron chi connectivity index (χ1n) is 13.3. The van der Waals surface area contributed by atoms with Crippen molar-refractivity contribution in [3.05, 3.63) is 22.8 Å². The molecule has 8 aromatic rings. The molecule has 0 aliphatic carbocycles. The van der Waals surface area contributed by atoms with Gasteiger partial charge in [-0.25, -0.2) is 20.2 Å². The molecular formula is C24H34N16S4+2. The van der Waals surface area contributed by atoms with Gasteiger partial charge in [-0.05, 0) is 37.9 Å². The van der Waals surface area contributed by atoms with E-state index < -0.39 is 0 Å². The van der Waals surface area contributed by atoms with Gasteiger partial charge in [-0.15, -0.1) is 0 Å². The van der Waals surface area contributed by atoms with Gasteiger partial charge in [0.15, 0.2) is 21.6 Å². The van der Waals surface area contributed by atoms with Gasteiger partial charge in [0.25, 0.3) is 10.3 Å². The van der Waals surface area contributed by atoms with Crippen LogP contribution >= 0.6 is 45.3 Å². The van der Waals surface area contributed by atoms with Crippen molar-refractivity contribution >= 4 is 107 Å². The molecule has 0 unspecified atom stereocenters. The van der Waals surface area contributed by atoms with Gasteiger partial charge in [0.1, 0.15) is 9.40 Å². The molecule has 8 rings (SSSR count). The molecule has 8 aromatic heterocycles. The van der Waals surface area contributed by atoms with Crippen LogP contribution in [0.3, 0.4) is 0 Å². The summed E-state index contributed by atoms with van der Waals surface area (Å²) in [6, 6.07) is 0. The quantitative estimate of drug-likeness (QED) is 0.132. The number of thiazole rings is 4. The maximum absolute atomic E-state index is 4.22. The number of nitrogens with one attached hydrogen (secondary N) is 10. The zero-order valence-corrected chi connectivity index (χ0v) is 28.6. The van der Waals surface area contributed by atoms with Crippen LogP contribution in [0, 0.1) is 27.7 Å². The lowest BCUT2D eigenvalue weighted by atomic mass is 10.5. The molecule has 0 bridgehead atoms. The molecule has 0 fully saturated rings. The standard InChI is InChI=1S/4C6H8N4S/c4*1-3-4-5(10-9-3)8-6(7-2)11-4/h4*1-2H3,(H2,7,8,9,10)/p+2. The first-order chi connectivity index (χ1) is 21.2. The number of aromatic amines is 6. The summed E-state index contributed by atoms with van der Waals surface area (Å²) < 4.78 is 4.65. The molecule has 0 spiro atoms. The molecule has 0 aromatic carbocycles. The average molecular weight is 675 g/mol. The topological polar surface area (TPSA) is 217 Å². The van der Waals surface area contributed by atoms with Crippen molar-refractivity contribution in [3.63, 3.8) is 0 Å². The Hall–Kier alpha value is -4.40. The number of rotatable bonds is 4. The first-order valence-corrected chi connectivity index (χ1v) is 16.6. The minimum Gasteiger partial charge on any atom is -0.365 e. The summed E-state index contributed by atoms with van der Waals surface area (Å²) in [5, 5.41) is 43.7. The summed E-state index contributed by atoms with van der Waals surface area (Å²) >= 11 is 6.57. The van der Waals surface area contributed by atoms with Crippen LogP contribution in [0.2, 0.25) is 0 Å². The molecule has 0 atom stereocenters. The predicted octanol–water partition coefficient (Wildman–Crippen LogP) is 4.32. The Morgan fingerprint density at radius 3 is 1.16 bits per heavy atom. The SMILES string of the molecule is CNc1[nH+]c2n[nH]c(C)c2s1.CNc1[nH+]c2n[nH]c(C)c2s1.CNc1nc2n[nH]c(C)c2s1.CNc1nc2n[nH]c(C)c2s1. The maximum atomic E-state index is 4.22. The molecule has 10 N–H and O–H groups in total. The lowest BCUT2D eigenvalue weighted by Crippen LogP contribution is -2.04. The van der Waals surface area contributed by atoms with Crippen LogP contribution in [-0.4, -0.2) is 78.9 Å². The highest BCUT2D eigenvalue weighted by Gasteiger charge is 2.13. The highest BCUT2D eigenvalue weighted by Crippen LogP contribution is 2.27. The number of fused-ring (bicyclic) bond motifs is 4. The van der Waals surface area contributed by atoms with Crippen LogP contribution < -0.4 is 31.2 Å². The van der Waals surface area contributed by atoms with Gasteiger partial charge in [0, 0.05) is 14.1 Å². The zero-order valence-electron chi connectivity index (χ0n) is 25.3. The van der Waals surface area contributed by atoms with Gasteiger partial charge in [0.05, 0.1) is 46.3 Å². The fourth-order valence-electron chi connectivity index (χ4n) is 3.81. The molecule has 16 nitrogen and oxygen atoms in total. The lowest BCUT2D eigenvalue weighted by Gasteiger charge is -1.86. The van der Waals surface area contributed by atoms with Crippen molar-refractivity contribution < 1.29 is 9.97 Å². The normalized spacial score (nSPS) is 10.7. The minimum atomic E-state index is 0.803. The smallest absolute Gasteiger partial charge is 0.304 e. The van der Waals surface area contributed by atoms with Gasteiger partial charge in [-0.2, -0.15) is 20.2 Å². The number of hydrogen-bond donors (Lipinski definition) is 8. The van der Waals surface area contributed by atoms with E-state index in [-0.39, 0.29) is 0 Å². The first kappa shape index (κ1) is 31.0. The summed E-state index contributed by atoms with van der Waals surface area (Å²) in [7, 11) is 7.49. The lowest BCUT2D eigenvalue weighted by molar-refractivity contribution is -0.325. The summed E-state index contributed by atoms with van der Waals surface area (Å²) in [5.41, 5.74) is 7.85. The van der Waals surface area contributed by atoms with Gasteiger partial charge < -0.3 is 10.6 Å². The molecular weight excluding hydrogens is 641 g/mol. The van der Waals surface area contributed by atoms with E-state index in [2.05, 4.69) is 82.0 Å². The minimum absolute atomic E-state index is 0.803. The summed E-state index contributed by atoms with van der Waals surface area (Å²) in [6.07, 6.45) is 0. The van der Waals surface area contributed by atoms with E-state index in [1.807, 2.05) is 55.9 Å². The molecule has 232 valence electrons. The summed E-state index contributed by atoms with van der Waals surface area (Å²) in [4.78, 5) is 14.7. The van der Waals surface area contributed by atoms with Crippen LogP contribution in [-0.2, 0) is 0 Å². The molecule has 20 heteroatoms. The Balaban J connectivity index is 0.000000116. The second kappa shape index (κ2) is 13.5. The van der Waals surface area contributed by atoms with Crippen LogP contribution in [0.15, 0.2) is 0 Å². The molecule has 0 radical (unpaired) electrons. The second-order valence-corrected chi connectivity index (χ2v) is 13.2. The zero-order chi connectivity index (χ0) is 31.4. The molecule has 8 heterocycles. The van der Waals surface area contributed by atoms with E-state index in [1.54, 1.807) is 45.3 Å². The van der Waals surface area contributed by atoms with E-state index >= 15 is 0 Å². The number of aromatic nitrogens is 12. The number of aryl methyl sites for hydroxylation is 4. The van der Waals surface area contributed by atoms with Crippen molar-refractivity contribution in [1.29, 1.82) is 0 Å². The Labute approximate surface area is 266 Å². The van der Waals surface area contributed by atoms with Crippen molar-refractivity contribution in [1.82, 2.24) is 50.8 Å². The third kappa shape index (κ3) is 6.56. The molecule has 0 saturated carbocycles. The molecule has 0 aliphatic heterocycles. The largest absolute Gasteiger partial charge is 0.365 e. The number of nitrogens with zero attached hydrogens (tertiary/aromatic N) is 6. The molecule has 44 heavy (non-hydrogen) atoms. The van der Waals surface area contributed by atoms with E-state index in [1.165, 1.54) is 9.40 Å². The van der Waals surface area contributed by atoms with Crippen LogP contribution in [0.1, 0.15) is 22.8 Å². The van der Waals surface area contributed by atoms with Gasteiger partial charge in [0.2, 0.25) is 0 Å².